The third kappa shape index (κ3) is 4.99. The molecular formula is C40H16F6N4. The minimum atomic E-state index is -4.50. The third-order valence-corrected chi connectivity index (χ3v) is 8.89. The highest BCUT2D eigenvalue weighted by Gasteiger charge is 2.35. The zero-order valence-electron chi connectivity index (χ0n) is 25.3. The number of fused-ring (bicyclic) bond motifs is 6. The van der Waals surface area contributed by atoms with Crippen LogP contribution in [-0.4, -0.2) is 0 Å². The van der Waals surface area contributed by atoms with Gasteiger partial charge in [-0.3, -0.25) is 0 Å². The van der Waals surface area contributed by atoms with Crippen LogP contribution in [0.4, 0.5) is 26.3 Å². The molecule has 0 aromatic heterocycles. The maximum atomic E-state index is 13.2. The Morgan fingerprint density at radius 3 is 0.980 bits per heavy atom. The second kappa shape index (κ2) is 11.4. The average Bonchev–Trinajstić information content (AvgIpc) is 3.59. The Morgan fingerprint density at radius 2 is 0.660 bits per heavy atom. The van der Waals surface area contributed by atoms with Crippen molar-refractivity contribution < 1.29 is 26.3 Å². The number of halogens is 6. The molecule has 0 aliphatic heterocycles. The number of hydrogen-bond donors (Lipinski definition) is 0. The van der Waals surface area contributed by atoms with Gasteiger partial charge in [-0.2, -0.15) is 47.4 Å². The molecule has 0 amide bonds. The summed E-state index contributed by atoms with van der Waals surface area (Å²) in [5.41, 5.74) is 5.34. The first-order valence-electron chi connectivity index (χ1n) is 14.8. The van der Waals surface area contributed by atoms with Crippen LogP contribution in [0, 0.1) is 45.3 Å². The molecule has 50 heavy (non-hydrogen) atoms. The Kier molecular flexibility index (Phi) is 7.21. The van der Waals surface area contributed by atoms with E-state index in [2.05, 4.69) is 0 Å². The standard InChI is InChI=1S/C40H16F6N4/c41-39(42,43)27-7-1-21(2-8-27)23-5-11-29-31-15-32-30-12-6-24(22-3-9-28(10-4-22)40(44,45)46)14-34(30)38(26(19-49)20-50)36(32)16-35(31)37(33(29)13-23)25(17-47)18-48/h1-16H. The van der Waals surface area contributed by atoms with E-state index in [1.54, 1.807) is 42.5 Å². The quantitative estimate of drug-likeness (QED) is 0.136. The molecule has 238 valence electrons. The van der Waals surface area contributed by atoms with Gasteiger partial charge in [-0.05, 0) is 115 Å². The highest BCUT2D eigenvalue weighted by Crippen LogP contribution is 2.54. The molecule has 0 saturated heterocycles. The first kappa shape index (κ1) is 31.7. The van der Waals surface area contributed by atoms with Crippen LogP contribution >= 0.6 is 0 Å². The lowest BCUT2D eigenvalue weighted by Crippen LogP contribution is -2.03. The first-order valence-corrected chi connectivity index (χ1v) is 14.8. The Morgan fingerprint density at radius 1 is 0.360 bits per heavy atom. The van der Waals surface area contributed by atoms with Crippen molar-refractivity contribution in [3.05, 3.63) is 142 Å². The minimum Gasteiger partial charge on any atom is -0.192 e. The van der Waals surface area contributed by atoms with Crippen molar-refractivity contribution >= 4 is 11.1 Å². The highest BCUT2D eigenvalue weighted by molar-refractivity contribution is 6.11. The summed E-state index contributed by atoms with van der Waals surface area (Å²) in [4.78, 5) is 0. The van der Waals surface area contributed by atoms with Gasteiger partial charge in [-0.25, -0.2) is 0 Å². The van der Waals surface area contributed by atoms with Gasteiger partial charge < -0.3 is 0 Å². The molecule has 7 rings (SSSR count). The summed E-state index contributed by atoms with van der Waals surface area (Å²) in [7, 11) is 0. The first-order chi connectivity index (χ1) is 23.9. The van der Waals surface area contributed by atoms with Crippen LogP contribution in [0.2, 0.25) is 0 Å². The predicted octanol–water partition coefficient (Wildman–Crippen LogP) is 10.7. The van der Waals surface area contributed by atoms with E-state index in [9.17, 15) is 47.4 Å². The van der Waals surface area contributed by atoms with Crippen molar-refractivity contribution in [2.45, 2.75) is 12.4 Å². The molecular weight excluding hydrogens is 650 g/mol. The number of rotatable bonds is 2. The van der Waals surface area contributed by atoms with E-state index in [1.807, 2.05) is 30.3 Å². The molecule has 0 unspecified atom stereocenters. The summed E-state index contributed by atoms with van der Waals surface area (Å²) >= 11 is 0. The van der Waals surface area contributed by atoms with E-state index < -0.39 is 23.5 Å². The monoisotopic (exact) mass is 666 g/mol. The van der Waals surface area contributed by atoms with Gasteiger partial charge in [0.1, 0.15) is 35.4 Å². The zero-order valence-corrected chi connectivity index (χ0v) is 25.3. The molecule has 2 aliphatic rings. The van der Waals surface area contributed by atoms with Gasteiger partial charge in [-0.1, -0.05) is 48.5 Å². The maximum Gasteiger partial charge on any atom is 0.416 e. The fourth-order valence-corrected chi connectivity index (χ4v) is 6.60. The van der Waals surface area contributed by atoms with E-state index >= 15 is 0 Å². The fraction of sp³-hybridized carbons (Fsp3) is 0.0500. The van der Waals surface area contributed by atoms with Crippen LogP contribution in [-0.2, 0) is 12.4 Å². The van der Waals surface area contributed by atoms with E-state index in [0.29, 0.717) is 77.9 Å². The smallest absolute Gasteiger partial charge is 0.192 e. The second-order valence-electron chi connectivity index (χ2n) is 11.6. The Labute approximate surface area is 280 Å². The lowest BCUT2D eigenvalue weighted by molar-refractivity contribution is -0.138. The summed E-state index contributed by atoms with van der Waals surface area (Å²) in [5, 5.41) is 40.0. The van der Waals surface area contributed by atoms with Gasteiger partial charge in [0.25, 0.3) is 0 Å². The summed E-state index contributed by atoms with van der Waals surface area (Å²) in [6.45, 7) is 0. The molecule has 2 aliphatic carbocycles. The molecule has 5 aromatic carbocycles. The predicted molar refractivity (Wildman–Crippen MR) is 173 cm³/mol. The topological polar surface area (TPSA) is 95.2 Å². The molecule has 0 spiro atoms. The van der Waals surface area contributed by atoms with E-state index in [1.165, 1.54) is 24.3 Å². The number of allylic oxidation sites excluding steroid dienone is 2. The van der Waals surface area contributed by atoms with Crippen LogP contribution in [0.3, 0.4) is 0 Å². The highest BCUT2D eigenvalue weighted by atomic mass is 19.4. The van der Waals surface area contributed by atoms with Crippen molar-refractivity contribution in [2.24, 2.45) is 0 Å². The van der Waals surface area contributed by atoms with E-state index in [4.69, 9.17) is 0 Å². The van der Waals surface area contributed by atoms with Crippen LogP contribution < -0.4 is 0 Å². The van der Waals surface area contributed by atoms with Crippen LogP contribution in [0.1, 0.15) is 33.4 Å². The number of hydrogen-bond acceptors (Lipinski definition) is 4. The summed E-state index contributed by atoms with van der Waals surface area (Å²) in [5.74, 6) is 0. The molecule has 0 saturated carbocycles. The summed E-state index contributed by atoms with van der Waals surface area (Å²) in [6, 6.07) is 31.1. The molecule has 10 heteroatoms. The number of alkyl halides is 6. The average molecular weight is 667 g/mol. The van der Waals surface area contributed by atoms with Crippen LogP contribution in [0.5, 0.6) is 0 Å². The summed E-state index contributed by atoms with van der Waals surface area (Å²) < 4.78 is 79.2. The molecule has 4 nitrogen and oxygen atoms in total. The van der Waals surface area contributed by atoms with Gasteiger partial charge >= 0.3 is 12.4 Å². The molecule has 0 fully saturated rings. The van der Waals surface area contributed by atoms with Crippen molar-refractivity contribution in [3.8, 4) is 68.8 Å². The van der Waals surface area contributed by atoms with Crippen LogP contribution in [0.25, 0.3) is 55.7 Å². The number of nitriles is 4. The van der Waals surface area contributed by atoms with E-state index in [-0.39, 0.29) is 11.1 Å². The molecule has 0 N–H and O–H groups in total. The van der Waals surface area contributed by atoms with Crippen molar-refractivity contribution in [1.29, 1.82) is 21.0 Å². The molecule has 0 atom stereocenters. The lowest BCUT2D eigenvalue weighted by atomic mass is 9.92. The van der Waals surface area contributed by atoms with Crippen LogP contribution in [0.15, 0.2) is 108 Å². The van der Waals surface area contributed by atoms with Crippen molar-refractivity contribution in [1.82, 2.24) is 0 Å². The van der Waals surface area contributed by atoms with Crippen molar-refractivity contribution in [2.75, 3.05) is 0 Å². The van der Waals surface area contributed by atoms with Gasteiger partial charge in [-0.15, -0.1) is 0 Å². The van der Waals surface area contributed by atoms with Gasteiger partial charge in [0.05, 0.1) is 11.1 Å². The fourth-order valence-electron chi connectivity index (χ4n) is 6.60. The molecule has 0 radical (unpaired) electrons. The molecule has 5 aromatic rings. The Hall–Kier alpha value is -6.88. The number of benzene rings is 5. The Balaban J connectivity index is 1.41. The zero-order chi connectivity index (χ0) is 35.5. The van der Waals surface area contributed by atoms with Gasteiger partial charge in [0.2, 0.25) is 0 Å². The maximum absolute atomic E-state index is 13.2. The van der Waals surface area contributed by atoms with Gasteiger partial charge in [0, 0.05) is 11.1 Å². The SMILES string of the molecule is N#CC(C#N)=C1c2cc(-c3ccc(C(F)(F)F)cc3)ccc2-c2cc3c(cc21)C(=C(C#N)C#N)c1cc(-c2ccc(C(F)(F)F)cc2)ccc1-3. The minimum absolute atomic E-state index is 0.207. The largest absolute Gasteiger partial charge is 0.416 e. The molecule has 0 bridgehead atoms. The lowest BCUT2D eigenvalue weighted by Gasteiger charge is -2.10. The van der Waals surface area contributed by atoms with E-state index in [0.717, 1.165) is 24.3 Å². The summed E-state index contributed by atoms with van der Waals surface area (Å²) in [6.07, 6.45) is -9.01. The third-order valence-electron chi connectivity index (χ3n) is 8.89. The van der Waals surface area contributed by atoms with Gasteiger partial charge in [0.15, 0.2) is 0 Å². The second-order valence-corrected chi connectivity index (χ2v) is 11.6. The molecule has 0 heterocycles. The van der Waals surface area contributed by atoms with Crippen molar-refractivity contribution in [3.63, 3.8) is 0 Å². The Bertz CT molecular complexity index is 2320. The normalized spacial score (nSPS) is 12.4. The number of nitrogens with zero attached hydrogens (tertiary/aromatic N) is 4.